The Balaban J connectivity index is 2.10. The number of halogens is 4. The molecule has 2 aromatic heterocycles. The normalized spacial score (nSPS) is 13.1. The molecule has 2 rings (SSSR count). The molecule has 0 spiro atoms. The predicted molar refractivity (Wildman–Crippen MR) is 81.4 cm³/mol. The van der Waals surface area contributed by atoms with Crippen LogP contribution in [0.25, 0.3) is 0 Å². The number of amides is 1. The van der Waals surface area contributed by atoms with E-state index in [0.29, 0.717) is 6.54 Å². The van der Waals surface area contributed by atoms with Gasteiger partial charge in [-0.25, -0.2) is 0 Å². The molecule has 2 aromatic rings. The van der Waals surface area contributed by atoms with Crippen molar-refractivity contribution in [3.63, 3.8) is 0 Å². The summed E-state index contributed by atoms with van der Waals surface area (Å²) in [4.78, 5) is 12.2. The van der Waals surface area contributed by atoms with Gasteiger partial charge in [0.05, 0.1) is 16.9 Å². The number of hydrogen-bond acceptors (Lipinski definition) is 3. The van der Waals surface area contributed by atoms with Crippen LogP contribution in [0.5, 0.6) is 0 Å². The third-order valence-corrected chi connectivity index (χ3v) is 4.02. The standard InChI is InChI=1S/C14H17ClF3N5O/c1-4-22-7-10(6-20-22)5-19-13(24)9(3)23-8(2)11(15)12(21-23)14(16,17)18/h6-7,9H,4-5H2,1-3H3,(H,19,24). The molecule has 1 unspecified atom stereocenters. The highest BCUT2D eigenvalue weighted by Crippen LogP contribution is 2.36. The van der Waals surface area contributed by atoms with Crippen LogP contribution in [-0.4, -0.2) is 25.5 Å². The largest absolute Gasteiger partial charge is 0.436 e. The fourth-order valence-corrected chi connectivity index (χ4v) is 2.41. The van der Waals surface area contributed by atoms with Crippen molar-refractivity contribution in [1.82, 2.24) is 24.9 Å². The molecule has 10 heteroatoms. The van der Waals surface area contributed by atoms with E-state index in [4.69, 9.17) is 11.6 Å². The number of rotatable bonds is 5. The summed E-state index contributed by atoms with van der Waals surface area (Å²) in [6.07, 6.45) is -1.27. The molecule has 1 N–H and O–H groups in total. The van der Waals surface area contributed by atoms with Gasteiger partial charge < -0.3 is 5.32 Å². The number of nitrogens with one attached hydrogen (secondary N) is 1. The Morgan fingerprint density at radius 3 is 2.62 bits per heavy atom. The van der Waals surface area contributed by atoms with Gasteiger partial charge in [-0.05, 0) is 20.8 Å². The molecule has 0 saturated heterocycles. The molecular formula is C14H17ClF3N5O. The minimum atomic E-state index is -4.67. The zero-order valence-electron chi connectivity index (χ0n) is 13.4. The van der Waals surface area contributed by atoms with E-state index in [9.17, 15) is 18.0 Å². The Bertz CT molecular complexity index is 737. The van der Waals surface area contributed by atoms with E-state index in [1.54, 1.807) is 17.1 Å². The molecule has 2 heterocycles. The summed E-state index contributed by atoms with van der Waals surface area (Å²) in [5.41, 5.74) is -0.306. The zero-order valence-corrected chi connectivity index (χ0v) is 14.1. The summed E-state index contributed by atoms with van der Waals surface area (Å²) < 4.78 is 41.2. The average Bonchev–Trinajstić information content (AvgIpc) is 3.09. The van der Waals surface area contributed by atoms with Crippen molar-refractivity contribution in [3.8, 4) is 0 Å². The maximum Gasteiger partial charge on any atom is 0.436 e. The van der Waals surface area contributed by atoms with Crippen LogP contribution >= 0.6 is 11.6 Å². The molecule has 0 bridgehead atoms. The number of hydrogen-bond donors (Lipinski definition) is 1. The second-order valence-electron chi connectivity index (χ2n) is 5.29. The first kappa shape index (κ1) is 18.3. The lowest BCUT2D eigenvalue weighted by Crippen LogP contribution is -2.31. The van der Waals surface area contributed by atoms with Crippen molar-refractivity contribution in [3.05, 3.63) is 34.4 Å². The van der Waals surface area contributed by atoms with Crippen molar-refractivity contribution >= 4 is 17.5 Å². The maximum atomic E-state index is 12.8. The lowest BCUT2D eigenvalue weighted by Gasteiger charge is -2.14. The van der Waals surface area contributed by atoms with Gasteiger partial charge in [-0.1, -0.05) is 11.6 Å². The van der Waals surface area contributed by atoms with Crippen LogP contribution in [0.3, 0.4) is 0 Å². The molecule has 0 saturated carbocycles. The van der Waals surface area contributed by atoms with Crippen molar-refractivity contribution in [2.24, 2.45) is 0 Å². The molecular weight excluding hydrogens is 347 g/mol. The summed E-state index contributed by atoms with van der Waals surface area (Å²) in [7, 11) is 0. The van der Waals surface area contributed by atoms with Gasteiger partial charge >= 0.3 is 6.18 Å². The van der Waals surface area contributed by atoms with Crippen LogP contribution in [0.1, 0.15) is 36.8 Å². The maximum absolute atomic E-state index is 12.8. The van der Waals surface area contributed by atoms with Crippen LogP contribution in [-0.2, 0) is 24.1 Å². The van der Waals surface area contributed by atoms with Crippen LogP contribution in [0, 0.1) is 6.92 Å². The van der Waals surface area contributed by atoms with Gasteiger partial charge in [0.2, 0.25) is 5.91 Å². The van der Waals surface area contributed by atoms with Gasteiger partial charge in [0.15, 0.2) is 5.69 Å². The van der Waals surface area contributed by atoms with E-state index >= 15 is 0 Å². The Hall–Kier alpha value is -2.03. The summed E-state index contributed by atoms with van der Waals surface area (Å²) in [6, 6.07) is -0.931. The lowest BCUT2D eigenvalue weighted by atomic mass is 10.3. The molecule has 0 aliphatic carbocycles. The van der Waals surface area contributed by atoms with E-state index < -0.39 is 28.8 Å². The number of aryl methyl sites for hydroxylation is 1. The highest BCUT2D eigenvalue weighted by Gasteiger charge is 2.39. The Labute approximate surface area is 141 Å². The Morgan fingerprint density at radius 1 is 1.46 bits per heavy atom. The molecule has 24 heavy (non-hydrogen) atoms. The second kappa shape index (κ2) is 6.84. The highest BCUT2D eigenvalue weighted by molar-refractivity contribution is 6.32. The number of alkyl halides is 3. The van der Waals surface area contributed by atoms with Crippen molar-refractivity contribution < 1.29 is 18.0 Å². The number of carbonyl (C=O) groups excluding carboxylic acids is 1. The molecule has 1 amide bonds. The second-order valence-corrected chi connectivity index (χ2v) is 5.67. The van der Waals surface area contributed by atoms with Gasteiger partial charge in [-0.3, -0.25) is 14.2 Å². The summed E-state index contributed by atoms with van der Waals surface area (Å²) >= 11 is 5.69. The van der Waals surface area contributed by atoms with E-state index in [-0.39, 0.29) is 12.2 Å². The third kappa shape index (κ3) is 3.72. The number of aromatic nitrogens is 4. The number of nitrogens with zero attached hydrogens (tertiary/aromatic N) is 4. The Morgan fingerprint density at radius 2 is 2.12 bits per heavy atom. The van der Waals surface area contributed by atoms with Crippen molar-refractivity contribution in [1.29, 1.82) is 0 Å². The Kier molecular flexibility index (Phi) is 5.22. The fourth-order valence-electron chi connectivity index (χ4n) is 2.18. The van der Waals surface area contributed by atoms with Gasteiger partial charge in [0.1, 0.15) is 6.04 Å². The molecule has 132 valence electrons. The van der Waals surface area contributed by atoms with Gasteiger partial charge in [0.25, 0.3) is 0 Å². The SMILES string of the molecule is CCn1cc(CNC(=O)C(C)n2nc(C(F)(F)F)c(Cl)c2C)cn1. The molecule has 0 radical (unpaired) electrons. The average molecular weight is 364 g/mol. The molecule has 1 atom stereocenters. The van der Waals surface area contributed by atoms with Gasteiger partial charge in [0, 0.05) is 24.8 Å². The summed E-state index contributed by atoms with van der Waals surface area (Å²) in [6.45, 7) is 5.71. The van der Waals surface area contributed by atoms with E-state index in [1.165, 1.54) is 13.8 Å². The van der Waals surface area contributed by atoms with Gasteiger partial charge in [-0.15, -0.1) is 0 Å². The molecule has 0 aliphatic rings. The first-order valence-corrected chi connectivity index (χ1v) is 7.63. The van der Waals surface area contributed by atoms with Crippen LogP contribution in [0.15, 0.2) is 12.4 Å². The van der Waals surface area contributed by atoms with E-state index in [2.05, 4.69) is 15.5 Å². The minimum absolute atomic E-state index is 0.0884. The first-order valence-electron chi connectivity index (χ1n) is 7.26. The topological polar surface area (TPSA) is 64.7 Å². The van der Waals surface area contributed by atoms with Crippen molar-refractivity contribution in [2.45, 2.75) is 46.1 Å². The zero-order chi connectivity index (χ0) is 18.1. The molecule has 0 aromatic carbocycles. The monoisotopic (exact) mass is 363 g/mol. The summed E-state index contributed by atoms with van der Waals surface area (Å²) in [5, 5.41) is 9.69. The van der Waals surface area contributed by atoms with E-state index in [1.807, 2.05) is 6.92 Å². The quantitative estimate of drug-likeness (QED) is 0.888. The van der Waals surface area contributed by atoms with Gasteiger partial charge in [-0.2, -0.15) is 23.4 Å². The number of carbonyl (C=O) groups is 1. The first-order chi connectivity index (χ1) is 11.1. The van der Waals surface area contributed by atoms with Crippen LogP contribution in [0.4, 0.5) is 13.2 Å². The van der Waals surface area contributed by atoms with E-state index in [0.717, 1.165) is 10.2 Å². The smallest absolute Gasteiger partial charge is 0.350 e. The molecule has 6 nitrogen and oxygen atoms in total. The van der Waals surface area contributed by atoms with Crippen LogP contribution in [0.2, 0.25) is 5.02 Å². The molecule has 0 fully saturated rings. The fraction of sp³-hybridized carbons (Fsp3) is 0.500. The lowest BCUT2D eigenvalue weighted by molar-refractivity contribution is -0.141. The summed E-state index contributed by atoms with van der Waals surface area (Å²) in [5.74, 6) is -0.463. The van der Waals surface area contributed by atoms with Crippen molar-refractivity contribution in [2.75, 3.05) is 0 Å². The highest BCUT2D eigenvalue weighted by atomic mass is 35.5. The third-order valence-electron chi connectivity index (χ3n) is 3.57. The molecule has 0 aliphatic heterocycles. The minimum Gasteiger partial charge on any atom is -0.350 e. The predicted octanol–water partition coefficient (Wildman–Crippen LogP) is 2.96. The van der Waals surface area contributed by atoms with Crippen LogP contribution < -0.4 is 5.32 Å².